The third-order valence-corrected chi connectivity index (χ3v) is 9.31. The standard InChI is InChI=1S/C36H40ClN3O5S/c1-4-45-32-19-17-31(18-20-32)40(46(43,44)33-21-15-30(37)16-22-33)26-35(41)39(25-29-13-9-6-10-14-29)34(36(42)38-24-27(2)3)23-28-11-7-5-8-12-28/h5-22,27,34H,4,23-26H2,1-3H3,(H,38,42)/t34-/m1/s1. The number of carbonyl (C=O) groups excluding carboxylic acids is 2. The second kappa shape index (κ2) is 16.3. The first kappa shape index (κ1) is 34.5. The Hall–Kier alpha value is -4.34. The van der Waals surface area contributed by atoms with Crippen molar-refractivity contribution in [1.29, 1.82) is 0 Å². The molecule has 0 unspecified atom stereocenters. The van der Waals surface area contributed by atoms with Gasteiger partial charge in [0.25, 0.3) is 10.0 Å². The van der Waals surface area contributed by atoms with E-state index in [4.69, 9.17) is 16.3 Å². The number of anilines is 1. The molecular weight excluding hydrogens is 622 g/mol. The van der Waals surface area contributed by atoms with Gasteiger partial charge in [-0.15, -0.1) is 0 Å². The number of rotatable bonds is 15. The van der Waals surface area contributed by atoms with Crippen LogP contribution in [0.2, 0.25) is 5.02 Å². The lowest BCUT2D eigenvalue weighted by molar-refractivity contribution is -0.140. The first-order chi connectivity index (χ1) is 22.1. The third-order valence-electron chi connectivity index (χ3n) is 7.27. The van der Waals surface area contributed by atoms with Gasteiger partial charge in [0.15, 0.2) is 0 Å². The quantitative estimate of drug-likeness (QED) is 0.160. The van der Waals surface area contributed by atoms with Crippen molar-refractivity contribution in [3.63, 3.8) is 0 Å². The molecule has 4 aromatic carbocycles. The fourth-order valence-corrected chi connectivity index (χ4v) is 6.43. The second-order valence-electron chi connectivity index (χ2n) is 11.2. The van der Waals surface area contributed by atoms with Crippen molar-refractivity contribution in [1.82, 2.24) is 10.2 Å². The Balaban J connectivity index is 1.78. The number of benzene rings is 4. The summed E-state index contributed by atoms with van der Waals surface area (Å²) in [7, 11) is -4.24. The van der Waals surface area contributed by atoms with E-state index in [0.717, 1.165) is 15.4 Å². The van der Waals surface area contributed by atoms with Gasteiger partial charge in [0.05, 0.1) is 17.2 Å². The fraction of sp³-hybridized carbons (Fsp3) is 0.278. The zero-order valence-electron chi connectivity index (χ0n) is 26.3. The number of sulfonamides is 1. The zero-order valence-corrected chi connectivity index (χ0v) is 27.9. The summed E-state index contributed by atoms with van der Waals surface area (Å²) in [5.74, 6) is -0.0814. The molecule has 10 heteroatoms. The molecule has 0 saturated carbocycles. The van der Waals surface area contributed by atoms with Gasteiger partial charge in [-0.05, 0) is 72.5 Å². The van der Waals surface area contributed by atoms with Crippen LogP contribution in [-0.2, 0) is 32.6 Å². The molecule has 2 amide bonds. The Labute approximate surface area is 277 Å². The molecule has 1 atom stereocenters. The van der Waals surface area contributed by atoms with Crippen molar-refractivity contribution in [2.45, 2.75) is 44.7 Å². The highest BCUT2D eigenvalue weighted by Crippen LogP contribution is 2.28. The highest BCUT2D eigenvalue weighted by atomic mass is 35.5. The summed E-state index contributed by atoms with van der Waals surface area (Å²) in [6.07, 6.45) is 0.246. The van der Waals surface area contributed by atoms with E-state index in [-0.39, 0.29) is 35.4 Å². The van der Waals surface area contributed by atoms with Gasteiger partial charge >= 0.3 is 0 Å². The van der Waals surface area contributed by atoms with Crippen LogP contribution < -0.4 is 14.4 Å². The lowest BCUT2D eigenvalue weighted by Gasteiger charge is -2.34. The van der Waals surface area contributed by atoms with Crippen molar-refractivity contribution in [2.24, 2.45) is 5.92 Å². The van der Waals surface area contributed by atoms with Crippen LogP contribution in [0.25, 0.3) is 0 Å². The smallest absolute Gasteiger partial charge is 0.264 e. The molecule has 4 rings (SSSR count). The minimum absolute atomic E-state index is 0.0243. The van der Waals surface area contributed by atoms with E-state index >= 15 is 0 Å². The van der Waals surface area contributed by atoms with Crippen LogP contribution in [0.15, 0.2) is 114 Å². The third kappa shape index (κ3) is 9.34. The van der Waals surface area contributed by atoms with Gasteiger partial charge in [-0.2, -0.15) is 0 Å². The Morgan fingerprint density at radius 3 is 1.98 bits per heavy atom. The first-order valence-electron chi connectivity index (χ1n) is 15.2. The van der Waals surface area contributed by atoms with E-state index in [2.05, 4.69) is 5.32 Å². The number of nitrogens with one attached hydrogen (secondary N) is 1. The molecule has 1 N–H and O–H groups in total. The average Bonchev–Trinajstić information content (AvgIpc) is 3.05. The highest BCUT2D eigenvalue weighted by Gasteiger charge is 2.34. The summed E-state index contributed by atoms with van der Waals surface area (Å²) in [5, 5.41) is 3.38. The van der Waals surface area contributed by atoms with Gasteiger partial charge in [0, 0.05) is 24.5 Å². The van der Waals surface area contributed by atoms with Gasteiger partial charge in [-0.3, -0.25) is 13.9 Å². The van der Waals surface area contributed by atoms with E-state index in [1.54, 1.807) is 24.3 Å². The summed E-state index contributed by atoms with van der Waals surface area (Å²) >= 11 is 6.06. The topological polar surface area (TPSA) is 96.0 Å². The molecule has 0 radical (unpaired) electrons. The second-order valence-corrected chi connectivity index (χ2v) is 13.5. The minimum Gasteiger partial charge on any atom is -0.494 e. The van der Waals surface area contributed by atoms with Crippen molar-refractivity contribution >= 4 is 39.1 Å². The summed E-state index contributed by atoms with van der Waals surface area (Å²) in [6, 6.07) is 30.2. The van der Waals surface area contributed by atoms with Gasteiger partial charge in [0.2, 0.25) is 11.8 Å². The maximum atomic E-state index is 14.5. The number of carbonyl (C=O) groups is 2. The Kier molecular flexibility index (Phi) is 12.2. The normalized spacial score (nSPS) is 11.9. The zero-order chi connectivity index (χ0) is 33.1. The number of amides is 2. The van der Waals surface area contributed by atoms with Crippen LogP contribution >= 0.6 is 11.6 Å². The van der Waals surface area contributed by atoms with E-state index in [1.807, 2.05) is 81.4 Å². The highest BCUT2D eigenvalue weighted by molar-refractivity contribution is 7.92. The van der Waals surface area contributed by atoms with Crippen molar-refractivity contribution in [3.8, 4) is 5.75 Å². The van der Waals surface area contributed by atoms with E-state index < -0.39 is 28.5 Å². The van der Waals surface area contributed by atoms with Gasteiger partial charge < -0.3 is 15.0 Å². The van der Waals surface area contributed by atoms with Crippen LogP contribution in [0.1, 0.15) is 31.9 Å². The SMILES string of the molecule is CCOc1ccc(N(CC(=O)N(Cc2ccccc2)[C@H](Cc2ccccc2)C(=O)NCC(C)C)S(=O)(=O)c2ccc(Cl)cc2)cc1. The predicted octanol–water partition coefficient (Wildman–Crippen LogP) is 6.35. The molecule has 0 aromatic heterocycles. The molecule has 0 saturated heterocycles. The minimum atomic E-state index is -4.24. The van der Waals surface area contributed by atoms with Gasteiger partial charge in [-0.1, -0.05) is 86.1 Å². The molecule has 0 heterocycles. The lowest BCUT2D eigenvalue weighted by atomic mass is 10.0. The van der Waals surface area contributed by atoms with Crippen molar-refractivity contribution < 1.29 is 22.7 Å². The van der Waals surface area contributed by atoms with Crippen molar-refractivity contribution in [3.05, 3.63) is 125 Å². The number of hydrogen-bond acceptors (Lipinski definition) is 5. The van der Waals surface area contributed by atoms with E-state index in [1.165, 1.54) is 29.2 Å². The molecule has 242 valence electrons. The molecule has 46 heavy (non-hydrogen) atoms. The fourth-order valence-electron chi connectivity index (χ4n) is 4.89. The van der Waals surface area contributed by atoms with Crippen molar-refractivity contribution in [2.75, 3.05) is 24.0 Å². The lowest BCUT2D eigenvalue weighted by Crippen LogP contribution is -2.53. The average molecular weight is 662 g/mol. The van der Waals surface area contributed by atoms with E-state index in [9.17, 15) is 18.0 Å². The molecule has 0 aliphatic heterocycles. The largest absolute Gasteiger partial charge is 0.494 e. The summed E-state index contributed by atoms with van der Waals surface area (Å²) in [4.78, 5) is 29.8. The number of ether oxygens (including phenoxy) is 1. The predicted molar refractivity (Wildman–Crippen MR) is 182 cm³/mol. The Morgan fingerprint density at radius 2 is 1.41 bits per heavy atom. The molecular formula is C36H40ClN3O5S. The Morgan fingerprint density at radius 1 is 0.826 bits per heavy atom. The molecule has 0 aliphatic carbocycles. The van der Waals surface area contributed by atoms with Gasteiger partial charge in [0.1, 0.15) is 18.3 Å². The Bertz CT molecular complexity index is 1670. The monoisotopic (exact) mass is 661 g/mol. The number of halogens is 1. The molecule has 0 aliphatic rings. The van der Waals surface area contributed by atoms with Crippen LogP contribution in [0.5, 0.6) is 5.75 Å². The van der Waals surface area contributed by atoms with Gasteiger partial charge in [-0.25, -0.2) is 8.42 Å². The molecule has 0 bridgehead atoms. The number of hydrogen-bond donors (Lipinski definition) is 1. The van der Waals surface area contributed by atoms with E-state index in [0.29, 0.717) is 23.9 Å². The van der Waals surface area contributed by atoms with Crippen LogP contribution in [0.3, 0.4) is 0 Å². The molecule has 0 fully saturated rings. The van der Waals surface area contributed by atoms with Crippen LogP contribution in [0.4, 0.5) is 5.69 Å². The maximum absolute atomic E-state index is 14.5. The summed E-state index contributed by atoms with van der Waals surface area (Å²) in [5.41, 5.74) is 1.95. The van der Waals surface area contributed by atoms with Crippen LogP contribution in [-0.4, -0.2) is 50.9 Å². The summed E-state index contributed by atoms with van der Waals surface area (Å²) in [6.45, 7) is 6.28. The molecule has 0 spiro atoms. The number of nitrogens with zero attached hydrogens (tertiary/aromatic N) is 2. The summed E-state index contributed by atoms with van der Waals surface area (Å²) < 4.78 is 34.9. The molecule has 4 aromatic rings. The molecule has 8 nitrogen and oxygen atoms in total. The van der Waals surface area contributed by atoms with Crippen LogP contribution in [0, 0.1) is 5.92 Å². The maximum Gasteiger partial charge on any atom is 0.264 e. The first-order valence-corrected chi connectivity index (χ1v) is 17.1.